The number of hydrogen-bond donors (Lipinski definition) is 1. The number of nitrogens with one attached hydrogen (secondary N) is 1. The van der Waals surface area contributed by atoms with Crippen LogP contribution in [0.1, 0.15) is 6.92 Å². The van der Waals surface area contributed by atoms with E-state index in [-0.39, 0.29) is 29.9 Å². The predicted octanol–water partition coefficient (Wildman–Crippen LogP) is 1.36. The molecule has 1 aromatic rings. The molecule has 0 radical (unpaired) electrons. The van der Waals surface area contributed by atoms with Gasteiger partial charge in [-0.2, -0.15) is 0 Å². The van der Waals surface area contributed by atoms with Crippen LogP contribution in [0, 0.1) is 10.1 Å². The van der Waals surface area contributed by atoms with Crippen LogP contribution in [0.3, 0.4) is 0 Å². The van der Waals surface area contributed by atoms with E-state index in [1.807, 2.05) is 0 Å². The van der Waals surface area contributed by atoms with E-state index in [1.165, 1.54) is 0 Å². The van der Waals surface area contributed by atoms with Gasteiger partial charge >= 0.3 is 5.69 Å². The second-order valence-corrected chi connectivity index (χ2v) is 4.30. The van der Waals surface area contributed by atoms with Crippen molar-refractivity contribution in [2.75, 3.05) is 32.9 Å². The number of morpholine rings is 1. The summed E-state index contributed by atoms with van der Waals surface area (Å²) < 4.78 is 16.3. The first-order chi connectivity index (χ1) is 9.72. The summed E-state index contributed by atoms with van der Waals surface area (Å²) in [7, 11) is 0. The molecular weight excluding hydrogens is 264 g/mol. The van der Waals surface area contributed by atoms with E-state index in [9.17, 15) is 10.1 Å². The fourth-order valence-corrected chi connectivity index (χ4v) is 1.98. The first kappa shape index (κ1) is 14.5. The fourth-order valence-electron chi connectivity index (χ4n) is 1.98. The van der Waals surface area contributed by atoms with Gasteiger partial charge in [0.05, 0.1) is 18.1 Å². The fraction of sp³-hybridized carbons (Fsp3) is 0.538. The zero-order chi connectivity index (χ0) is 14.4. The van der Waals surface area contributed by atoms with Crippen LogP contribution in [-0.4, -0.2) is 43.9 Å². The van der Waals surface area contributed by atoms with Gasteiger partial charge in [-0.15, -0.1) is 0 Å². The van der Waals surface area contributed by atoms with Crippen LogP contribution in [-0.2, 0) is 4.74 Å². The van der Waals surface area contributed by atoms with Crippen LogP contribution < -0.4 is 14.8 Å². The molecule has 7 heteroatoms. The maximum Gasteiger partial charge on any atom is 0.352 e. The first-order valence-electron chi connectivity index (χ1n) is 6.57. The zero-order valence-corrected chi connectivity index (χ0v) is 11.3. The van der Waals surface area contributed by atoms with E-state index in [0.717, 1.165) is 6.54 Å². The third-order valence-corrected chi connectivity index (χ3v) is 2.87. The Kier molecular flexibility index (Phi) is 5.14. The van der Waals surface area contributed by atoms with Gasteiger partial charge in [-0.1, -0.05) is 6.07 Å². The Hall–Kier alpha value is -1.86. The molecule has 2 rings (SSSR count). The number of nitro benzene ring substituents is 1. The highest BCUT2D eigenvalue weighted by Crippen LogP contribution is 2.36. The normalized spacial score (nSPS) is 18.6. The number of benzene rings is 1. The molecule has 0 aliphatic carbocycles. The van der Waals surface area contributed by atoms with Crippen molar-refractivity contribution in [3.8, 4) is 11.5 Å². The highest BCUT2D eigenvalue weighted by atomic mass is 16.6. The molecule has 1 aliphatic rings. The molecular formula is C13H18N2O5. The molecule has 7 nitrogen and oxygen atoms in total. The Morgan fingerprint density at radius 3 is 2.80 bits per heavy atom. The molecule has 0 amide bonds. The van der Waals surface area contributed by atoms with E-state index in [1.54, 1.807) is 25.1 Å². The number of ether oxygens (including phenoxy) is 3. The number of rotatable bonds is 6. The van der Waals surface area contributed by atoms with Crippen molar-refractivity contribution in [1.82, 2.24) is 5.32 Å². The van der Waals surface area contributed by atoms with Crippen molar-refractivity contribution < 1.29 is 19.1 Å². The summed E-state index contributed by atoms with van der Waals surface area (Å²) in [6.07, 6.45) is -0.0981. The minimum Gasteiger partial charge on any atom is -0.487 e. The van der Waals surface area contributed by atoms with Crippen molar-refractivity contribution in [3.05, 3.63) is 28.3 Å². The lowest BCUT2D eigenvalue weighted by atomic mass is 10.2. The van der Waals surface area contributed by atoms with Gasteiger partial charge < -0.3 is 19.5 Å². The first-order valence-corrected chi connectivity index (χ1v) is 6.57. The number of nitrogens with zero attached hydrogens (tertiary/aromatic N) is 1. The largest absolute Gasteiger partial charge is 0.487 e. The summed E-state index contributed by atoms with van der Waals surface area (Å²) in [5.74, 6) is 0.424. The number of para-hydroxylation sites is 1. The standard InChI is InChI=1S/C13H18N2O5/c1-2-18-11-4-3-5-12(13(11)15(16)17)20-9-10-8-14-6-7-19-10/h3-5,10,14H,2,6-9H2,1H3. The SMILES string of the molecule is CCOc1cccc(OCC2CNCCO2)c1[N+](=O)[O-]. The highest BCUT2D eigenvalue weighted by Gasteiger charge is 2.23. The third kappa shape index (κ3) is 3.58. The van der Waals surface area contributed by atoms with E-state index < -0.39 is 4.92 Å². The van der Waals surface area contributed by atoms with E-state index in [2.05, 4.69) is 5.32 Å². The van der Waals surface area contributed by atoms with Crippen molar-refractivity contribution in [2.24, 2.45) is 0 Å². The second-order valence-electron chi connectivity index (χ2n) is 4.30. The number of nitro groups is 1. The summed E-state index contributed by atoms with van der Waals surface area (Å²) in [5, 5.41) is 14.3. The Morgan fingerprint density at radius 2 is 2.20 bits per heavy atom. The summed E-state index contributed by atoms with van der Waals surface area (Å²) >= 11 is 0. The molecule has 1 fully saturated rings. The Bertz CT molecular complexity index is 460. The Balaban J connectivity index is 2.09. The van der Waals surface area contributed by atoms with Crippen molar-refractivity contribution >= 4 is 5.69 Å². The van der Waals surface area contributed by atoms with Gasteiger partial charge in [0.15, 0.2) is 0 Å². The van der Waals surface area contributed by atoms with Gasteiger partial charge in [0.25, 0.3) is 0 Å². The average Bonchev–Trinajstić information content (AvgIpc) is 2.46. The lowest BCUT2D eigenvalue weighted by Crippen LogP contribution is -2.41. The van der Waals surface area contributed by atoms with Crippen LogP contribution in [0.4, 0.5) is 5.69 Å². The molecule has 1 aliphatic heterocycles. The smallest absolute Gasteiger partial charge is 0.352 e. The summed E-state index contributed by atoms with van der Waals surface area (Å²) in [6, 6.07) is 4.80. The van der Waals surface area contributed by atoms with Gasteiger partial charge in [0.1, 0.15) is 12.7 Å². The maximum absolute atomic E-state index is 11.2. The molecule has 0 bridgehead atoms. The molecule has 1 aromatic carbocycles. The van der Waals surface area contributed by atoms with Crippen molar-refractivity contribution in [2.45, 2.75) is 13.0 Å². The molecule has 1 atom stereocenters. The molecule has 1 N–H and O–H groups in total. The zero-order valence-electron chi connectivity index (χ0n) is 11.3. The van der Waals surface area contributed by atoms with Gasteiger partial charge in [-0.05, 0) is 19.1 Å². The molecule has 20 heavy (non-hydrogen) atoms. The van der Waals surface area contributed by atoms with Crippen LogP contribution in [0.15, 0.2) is 18.2 Å². The molecule has 1 heterocycles. The van der Waals surface area contributed by atoms with Crippen LogP contribution in [0.25, 0.3) is 0 Å². The molecule has 0 spiro atoms. The van der Waals surface area contributed by atoms with Crippen LogP contribution in [0.5, 0.6) is 11.5 Å². The maximum atomic E-state index is 11.2. The summed E-state index contributed by atoms with van der Waals surface area (Å²) in [4.78, 5) is 10.7. The van der Waals surface area contributed by atoms with E-state index in [4.69, 9.17) is 14.2 Å². The minimum absolute atomic E-state index is 0.0981. The third-order valence-electron chi connectivity index (χ3n) is 2.87. The molecule has 0 aromatic heterocycles. The Labute approximate surface area is 117 Å². The number of hydrogen-bond acceptors (Lipinski definition) is 6. The van der Waals surface area contributed by atoms with Crippen LogP contribution in [0.2, 0.25) is 0 Å². The van der Waals surface area contributed by atoms with Gasteiger partial charge in [-0.3, -0.25) is 10.1 Å². The lowest BCUT2D eigenvalue weighted by Gasteiger charge is -2.23. The van der Waals surface area contributed by atoms with E-state index >= 15 is 0 Å². The molecule has 1 saturated heterocycles. The molecule has 110 valence electrons. The van der Waals surface area contributed by atoms with Gasteiger partial charge in [0, 0.05) is 13.1 Å². The van der Waals surface area contributed by atoms with Crippen molar-refractivity contribution in [1.29, 1.82) is 0 Å². The summed E-state index contributed by atoms with van der Waals surface area (Å²) in [6.45, 7) is 4.52. The molecule has 0 saturated carbocycles. The summed E-state index contributed by atoms with van der Waals surface area (Å²) in [5.41, 5.74) is -0.141. The predicted molar refractivity (Wildman–Crippen MR) is 72.4 cm³/mol. The van der Waals surface area contributed by atoms with Crippen LogP contribution >= 0.6 is 0 Å². The van der Waals surface area contributed by atoms with E-state index in [0.29, 0.717) is 19.8 Å². The van der Waals surface area contributed by atoms with Gasteiger partial charge in [0.2, 0.25) is 11.5 Å². The topological polar surface area (TPSA) is 82.9 Å². The quantitative estimate of drug-likeness (QED) is 0.626. The lowest BCUT2D eigenvalue weighted by molar-refractivity contribution is -0.386. The minimum atomic E-state index is -0.486. The average molecular weight is 282 g/mol. The molecule has 1 unspecified atom stereocenters. The second kappa shape index (κ2) is 7.06. The highest BCUT2D eigenvalue weighted by molar-refractivity contribution is 5.57. The monoisotopic (exact) mass is 282 g/mol. The van der Waals surface area contributed by atoms with Crippen molar-refractivity contribution in [3.63, 3.8) is 0 Å². The van der Waals surface area contributed by atoms with Gasteiger partial charge in [-0.25, -0.2) is 0 Å². The Morgan fingerprint density at radius 1 is 1.45 bits per heavy atom.